The molecule has 0 fully saturated rings. The van der Waals surface area contributed by atoms with Crippen LogP contribution in [0, 0.1) is 5.82 Å². The fraction of sp³-hybridized carbons (Fsp3) is 0.250. The SMILES string of the molecule is Fc1ccccc1CNc1ccc2c(c1)CCC2. The van der Waals surface area contributed by atoms with Crippen LogP contribution in [0.1, 0.15) is 23.1 Å². The van der Waals surface area contributed by atoms with Crippen molar-refractivity contribution in [3.8, 4) is 0 Å². The van der Waals surface area contributed by atoms with Gasteiger partial charge in [-0.25, -0.2) is 4.39 Å². The molecule has 2 aromatic carbocycles. The minimum absolute atomic E-state index is 0.147. The molecule has 0 bridgehead atoms. The Morgan fingerprint density at radius 1 is 1.00 bits per heavy atom. The highest BCUT2D eigenvalue weighted by Crippen LogP contribution is 2.25. The minimum Gasteiger partial charge on any atom is -0.381 e. The van der Waals surface area contributed by atoms with E-state index in [9.17, 15) is 4.39 Å². The standard InChI is InChI=1S/C16H16FN/c17-16-7-2-1-4-14(16)11-18-15-9-8-12-5-3-6-13(12)10-15/h1-2,4,7-10,18H,3,5-6,11H2. The van der Waals surface area contributed by atoms with Crippen LogP contribution in [0.3, 0.4) is 0 Å². The second-order valence-corrected chi connectivity index (χ2v) is 4.78. The van der Waals surface area contributed by atoms with E-state index >= 15 is 0 Å². The van der Waals surface area contributed by atoms with Crippen LogP contribution in [-0.4, -0.2) is 0 Å². The molecule has 0 spiro atoms. The normalized spacial score (nSPS) is 13.4. The summed E-state index contributed by atoms with van der Waals surface area (Å²) in [6.07, 6.45) is 3.62. The molecular formula is C16H16FN. The maximum atomic E-state index is 13.5. The number of aryl methyl sites for hydroxylation is 2. The van der Waals surface area contributed by atoms with Crippen molar-refractivity contribution in [3.05, 3.63) is 65.0 Å². The van der Waals surface area contributed by atoms with Crippen LogP contribution >= 0.6 is 0 Å². The van der Waals surface area contributed by atoms with Gasteiger partial charge in [0.1, 0.15) is 5.82 Å². The first-order valence-electron chi connectivity index (χ1n) is 6.42. The number of hydrogen-bond acceptors (Lipinski definition) is 1. The minimum atomic E-state index is -0.147. The van der Waals surface area contributed by atoms with Gasteiger partial charge in [-0.2, -0.15) is 0 Å². The second kappa shape index (κ2) is 4.81. The number of fused-ring (bicyclic) bond motifs is 1. The molecule has 2 heteroatoms. The van der Waals surface area contributed by atoms with Crippen molar-refractivity contribution in [1.29, 1.82) is 0 Å². The summed E-state index contributed by atoms with van der Waals surface area (Å²) in [6.45, 7) is 0.533. The zero-order valence-corrected chi connectivity index (χ0v) is 10.2. The highest BCUT2D eigenvalue weighted by molar-refractivity contribution is 5.50. The van der Waals surface area contributed by atoms with Gasteiger partial charge in [0.05, 0.1) is 0 Å². The summed E-state index contributed by atoms with van der Waals surface area (Å²) in [6, 6.07) is 13.4. The van der Waals surface area contributed by atoms with Gasteiger partial charge in [0, 0.05) is 17.8 Å². The molecule has 1 N–H and O–H groups in total. The Hall–Kier alpha value is -1.83. The monoisotopic (exact) mass is 241 g/mol. The summed E-state index contributed by atoms with van der Waals surface area (Å²) in [5, 5.41) is 3.29. The van der Waals surface area contributed by atoms with E-state index < -0.39 is 0 Å². The van der Waals surface area contributed by atoms with E-state index in [2.05, 4.69) is 23.5 Å². The molecule has 3 rings (SSSR count). The Bertz CT molecular complexity index is 563. The topological polar surface area (TPSA) is 12.0 Å². The molecule has 18 heavy (non-hydrogen) atoms. The zero-order chi connectivity index (χ0) is 12.4. The average Bonchev–Trinajstić information content (AvgIpc) is 2.85. The lowest BCUT2D eigenvalue weighted by Gasteiger charge is -2.09. The van der Waals surface area contributed by atoms with E-state index in [4.69, 9.17) is 0 Å². The molecule has 0 unspecified atom stereocenters. The van der Waals surface area contributed by atoms with E-state index in [-0.39, 0.29) is 5.82 Å². The molecule has 0 heterocycles. The highest BCUT2D eigenvalue weighted by atomic mass is 19.1. The maximum absolute atomic E-state index is 13.5. The molecular weight excluding hydrogens is 225 g/mol. The van der Waals surface area contributed by atoms with Crippen LogP contribution in [0.5, 0.6) is 0 Å². The van der Waals surface area contributed by atoms with Crippen LogP contribution in [0.25, 0.3) is 0 Å². The van der Waals surface area contributed by atoms with Gasteiger partial charge in [0.15, 0.2) is 0 Å². The molecule has 0 aliphatic heterocycles. The van der Waals surface area contributed by atoms with Crippen molar-refractivity contribution in [2.24, 2.45) is 0 Å². The number of anilines is 1. The van der Waals surface area contributed by atoms with E-state index in [1.165, 1.54) is 36.5 Å². The molecule has 0 radical (unpaired) electrons. The first-order chi connectivity index (χ1) is 8.83. The Kier molecular flexibility index (Phi) is 3.01. The van der Waals surface area contributed by atoms with Gasteiger partial charge in [-0.15, -0.1) is 0 Å². The fourth-order valence-electron chi connectivity index (χ4n) is 2.52. The predicted octanol–water partition coefficient (Wildman–Crippen LogP) is 3.93. The van der Waals surface area contributed by atoms with Gasteiger partial charge in [-0.05, 0) is 48.6 Å². The average molecular weight is 241 g/mol. The molecule has 0 saturated carbocycles. The first-order valence-corrected chi connectivity index (χ1v) is 6.42. The smallest absolute Gasteiger partial charge is 0.128 e. The Balaban J connectivity index is 1.72. The van der Waals surface area contributed by atoms with Gasteiger partial charge < -0.3 is 5.32 Å². The van der Waals surface area contributed by atoms with Crippen LogP contribution in [0.15, 0.2) is 42.5 Å². The van der Waals surface area contributed by atoms with E-state index in [1.54, 1.807) is 6.07 Å². The van der Waals surface area contributed by atoms with Crippen molar-refractivity contribution in [2.75, 3.05) is 5.32 Å². The number of halogens is 1. The predicted molar refractivity (Wildman–Crippen MR) is 72.2 cm³/mol. The summed E-state index contributed by atoms with van der Waals surface area (Å²) in [4.78, 5) is 0. The van der Waals surface area contributed by atoms with Gasteiger partial charge in [-0.1, -0.05) is 24.3 Å². The van der Waals surface area contributed by atoms with Crippen molar-refractivity contribution in [1.82, 2.24) is 0 Å². The lowest BCUT2D eigenvalue weighted by Crippen LogP contribution is -2.02. The number of nitrogens with one attached hydrogen (secondary N) is 1. The van der Waals surface area contributed by atoms with Crippen LogP contribution < -0.4 is 5.32 Å². The van der Waals surface area contributed by atoms with E-state index in [0.717, 1.165) is 5.69 Å². The van der Waals surface area contributed by atoms with Crippen LogP contribution in [-0.2, 0) is 19.4 Å². The molecule has 1 nitrogen and oxygen atoms in total. The van der Waals surface area contributed by atoms with Crippen LogP contribution in [0.4, 0.5) is 10.1 Å². The quantitative estimate of drug-likeness (QED) is 0.858. The van der Waals surface area contributed by atoms with E-state index in [0.29, 0.717) is 12.1 Å². The third-order valence-electron chi connectivity index (χ3n) is 3.54. The molecule has 92 valence electrons. The van der Waals surface area contributed by atoms with Gasteiger partial charge in [-0.3, -0.25) is 0 Å². The van der Waals surface area contributed by atoms with E-state index in [1.807, 2.05) is 12.1 Å². The lowest BCUT2D eigenvalue weighted by atomic mass is 10.1. The molecule has 1 aliphatic rings. The molecule has 0 saturated heterocycles. The van der Waals surface area contributed by atoms with Gasteiger partial charge in [0.2, 0.25) is 0 Å². The van der Waals surface area contributed by atoms with Gasteiger partial charge in [0.25, 0.3) is 0 Å². The third-order valence-corrected chi connectivity index (χ3v) is 3.54. The van der Waals surface area contributed by atoms with Crippen molar-refractivity contribution < 1.29 is 4.39 Å². The van der Waals surface area contributed by atoms with Crippen molar-refractivity contribution in [3.63, 3.8) is 0 Å². The summed E-state index contributed by atoms with van der Waals surface area (Å²) in [5.74, 6) is -0.147. The molecule has 0 amide bonds. The number of benzene rings is 2. The first kappa shape index (κ1) is 11.3. The van der Waals surface area contributed by atoms with Crippen LogP contribution in [0.2, 0.25) is 0 Å². The van der Waals surface area contributed by atoms with Gasteiger partial charge >= 0.3 is 0 Å². The fourth-order valence-corrected chi connectivity index (χ4v) is 2.52. The van der Waals surface area contributed by atoms with Crippen molar-refractivity contribution >= 4 is 5.69 Å². The molecule has 0 atom stereocenters. The number of hydrogen-bond donors (Lipinski definition) is 1. The maximum Gasteiger partial charge on any atom is 0.128 e. The van der Waals surface area contributed by atoms with Crippen molar-refractivity contribution in [2.45, 2.75) is 25.8 Å². The second-order valence-electron chi connectivity index (χ2n) is 4.78. The Labute approximate surface area is 107 Å². The lowest BCUT2D eigenvalue weighted by molar-refractivity contribution is 0.613. The summed E-state index contributed by atoms with van der Waals surface area (Å²) in [7, 11) is 0. The molecule has 2 aromatic rings. The third kappa shape index (κ3) is 2.23. The summed E-state index contributed by atoms with van der Waals surface area (Å²) >= 11 is 0. The molecule has 0 aromatic heterocycles. The summed E-state index contributed by atoms with van der Waals surface area (Å²) in [5.41, 5.74) is 4.69. The number of rotatable bonds is 3. The Morgan fingerprint density at radius 2 is 1.83 bits per heavy atom. The summed E-state index contributed by atoms with van der Waals surface area (Å²) < 4.78 is 13.5. The zero-order valence-electron chi connectivity index (χ0n) is 10.2. The largest absolute Gasteiger partial charge is 0.381 e. The highest BCUT2D eigenvalue weighted by Gasteiger charge is 2.10. The molecule has 1 aliphatic carbocycles. The Morgan fingerprint density at radius 3 is 2.72 bits per heavy atom.